The number of ketones is 1. The van der Waals surface area contributed by atoms with Crippen molar-refractivity contribution in [2.45, 2.75) is 94.9 Å². The van der Waals surface area contributed by atoms with Gasteiger partial charge in [0.1, 0.15) is 11.6 Å². The van der Waals surface area contributed by atoms with E-state index >= 15 is 0 Å². The van der Waals surface area contributed by atoms with Crippen LogP contribution in [0, 0.1) is 31.5 Å². The second-order valence-electron chi connectivity index (χ2n) is 6.47. The van der Waals surface area contributed by atoms with Crippen LogP contribution in [0.1, 0.15) is 92.2 Å². The number of hydrogen-bond donors (Lipinski definition) is 0. The molecule has 1 nitrogen and oxygen atoms in total. The Balaban J connectivity index is -0.000000287. The van der Waals surface area contributed by atoms with Gasteiger partial charge in [0.05, 0.1) is 0 Å². The van der Waals surface area contributed by atoms with Gasteiger partial charge in [-0.1, -0.05) is 92.3 Å². The van der Waals surface area contributed by atoms with Gasteiger partial charge in [-0.25, -0.2) is 4.39 Å². The highest BCUT2D eigenvalue weighted by atomic mass is 19.1. The van der Waals surface area contributed by atoms with Crippen LogP contribution in [0.3, 0.4) is 0 Å². The summed E-state index contributed by atoms with van der Waals surface area (Å²) < 4.78 is 12.5. The zero-order chi connectivity index (χ0) is 20.4. The van der Waals surface area contributed by atoms with Crippen LogP contribution in [0.2, 0.25) is 0 Å². The number of benzene rings is 1. The molecule has 0 aliphatic carbocycles. The van der Waals surface area contributed by atoms with Crippen LogP contribution in [0.15, 0.2) is 18.2 Å². The van der Waals surface area contributed by atoms with E-state index in [1.165, 1.54) is 25.3 Å². The van der Waals surface area contributed by atoms with Gasteiger partial charge < -0.3 is 0 Å². The lowest BCUT2D eigenvalue weighted by atomic mass is 9.95. The highest BCUT2D eigenvalue weighted by Crippen LogP contribution is 2.09. The molecule has 0 saturated heterocycles. The molecule has 0 heterocycles. The Bertz CT molecular complexity index is 422. The molecule has 0 aliphatic heterocycles. The molecule has 1 atom stereocenters. The van der Waals surface area contributed by atoms with Crippen LogP contribution in [-0.4, -0.2) is 5.78 Å². The molecule has 1 unspecified atom stereocenters. The van der Waals surface area contributed by atoms with Gasteiger partial charge in [0.15, 0.2) is 0 Å². The molecule has 0 N–H and O–H groups in total. The third-order valence-corrected chi connectivity index (χ3v) is 3.69. The lowest BCUT2D eigenvalue weighted by Gasteiger charge is -2.08. The number of carbonyl (C=O) groups is 1. The number of carbonyl (C=O) groups excluding carboxylic acids is 1. The monoisotopic (exact) mass is 354 g/mol. The Morgan fingerprint density at radius 1 is 1.00 bits per heavy atom. The van der Waals surface area contributed by atoms with E-state index in [2.05, 4.69) is 13.8 Å². The van der Waals surface area contributed by atoms with E-state index in [-0.39, 0.29) is 17.7 Å². The van der Waals surface area contributed by atoms with E-state index in [0.29, 0.717) is 5.78 Å². The van der Waals surface area contributed by atoms with E-state index in [1.807, 2.05) is 54.5 Å². The highest BCUT2D eigenvalue weighted by molar-refractivity contribution is 5.82. The molecule has 25 heavy (non-hydrogen) atoms. The van der Waals surface area contributed by atoms with Crippen LogP contribution in [0.4, 0.5) is 4.39 Å². The minimum Gasteiger partial charge on any atom is -0.299 e. The van der Waals surface area contributed by atoms with Gasteiger partial charge in [-0.2, -0.15) is 0 Å². The molecular weight excluding hydrogens is 311 g/mol. The van der Waals surface area contributed by atoms with Crippen LogP contribution in [-0.2, 0) is 4.79 Å². The van der Waals surface area contributed by atoms with Crippen molar-refractivity contribution >= 4 is 5.78 Å². The summed E-state index contributed by atoms with van der Waals surface area (Å²) in [5.41, 5.74) is 1.82. The Hall–Kier alpha value is -1.18. The summed E-state index contributed by atoms with van der Waals surface area (Å²) in [5.74, 6) is 0.725. The molecule has 0 bridgehead atoms. The van der Waals surface area contributed by atoms with Gasteiger partial charge >= 0.3 is 0 Å². The number of unbranched alkanes of at least 4 members (excludes halogenated alkanes) is 2. The predicted octanol–water partition coefficient (Wildman–Crippen LogP) is 7.92. The molecule has 1 rings (SSSR count). The zero-order valence-corrected chi connectivity index (χ0v) is 18.5. The lowest BCUT2D eigenvalue weighted by molar-refractivity contribution is -0.125. The highest BCUT2D eigenvalue weighted by Gasteiger charge is 2.13. The summed E-state index contributed by atoms with van der Waals surface area (Å²) in [6.45, 7) is 20.1. The maximum absolute atomic E-state index is 12.5. The average molecular weight is 355 g/mol. The van der Waals surface area contributed by atoms with E-state index in [1.54, 1.807) is 13.0 Å². The number of Topliss-reactive ketones (excluding diaryl/α,β-unsaturated/α-hetero) is 1. The van der Waals surface area contributed by atoms with Crippen molar-refractivity contribution in [2.75, 3.05) is 0 Å². The Kier molecular flexibility index (Phi) is 21.9. The Labute approximate surface area is 157 Å². The van der Waals surface area contributed by atoms with E-state index < -0.39 is 0 Å². The molecule has 0 radical (unpaired) electrons. The average Bonchev–Trinajstić information content (AvgIpc) is 2.60. The van der Waals surface area contributed by atoms with Crippen molar-refractivity contribution in [3.8, 4) is 0 Å². The van der Waals surface area contributed by atoms with Crippen molar-refractivity contribution < 1.29 is 9.18 Å². The Morgan fingerprint density at radius 3 is 1.68 bits per heavy atom. The molecule has 0 saturated carbocycles. The standard InChI is InChI=1S/C8H9F.C8H16O.C5H12.C2H6/c1-6-3-4-8(9)7(2)5-6;1-5-7(4)8(9)6(2)3;1-3-5-4-2;1-2/h3-5H,1-2H3;6-7H,5H2,1-4H3;3-5H2,1-2H3;1-2H3. The van der Waals surface area contributed by atoms with E-state index in [0.717, 1.165) is 17.5 Å². The molecular formula is C23H43FO. The van der Waals surface area contributed by atoms with Gasteiger partial charge in [-0.15, -0.1) is 0 Å². The molecule has 0 fully saturated rings. The number of halogens is 1. The molecule has 0 spiro atoms. The second kappa shape index (κ2) is 19.1. The maximum Gasteiger partial charge on any atom is 0.138 e. The van der Waals surface area contributed by atoms with Crippen molar-refractivity contribution in [3.63, 3.8) is 0 Å². The number of aryl methyl sites for hydroxylation is 2. The SMILES string of the molecule is CC.CCC(C)C(=O)C(C)C.CCCCC.Cc1ccc(F)c(C)c1. The third-order valence-electron chi connectivity index (χ3n) is 3.69. The van der Waals surface area contributed by atoms with Gasteiger partial charge in [0.2, 0.25) is 0 Å². The third kappa shape index (κ3) is 17.4. The fraction of sp³-hybridized carbons (Fsp3) is 0.696. The minimum atomic E-state index is -0.124. The maximum atomic E-state index is 12.5. The summed E-state index contributed by atoms with van der Waals surface area (Å²) in [5, 5.41) is 0. The minimum absolute atomic E-state index is 0.124. The quantitative estimate of drug-likeness (QED) is 0.524. The lowest BCUT2D eigenvalue weighted by Crippen LogP contribution is -2.15. The normalized spacial score (nSPS) is 10.4. The first kappa shape index (κ1) is 28.6. The molecule has 1 aromatic rings. The van der Waals surface area contributed by atoms with Crippen molar-refractivity contribution in [2.24, 2.45) is 11.8 Å². The van der Waals surface area contributed by atoms with Crippen LogP contribution in [0.25, 0.3) is 0 Å². The summed E-state index contributed by atoms with van der Waals surface area (Å²) in [4.78, 5) is 11.1. The fourth-order valence-corrected chi connectivity index (χ4v) is 1.92. The first-order valence-corrected chi connectivity index (χ1v) is 9.97. The first-order valence-electron chi connectivity index (χ1n) is 9.97. The first-order chi connectivity index (χ1) is 11.7. The molecule has 148 valence electrons. The predicted molar refractivity (Wildman–Crippen MR) is 112 cm³/mol. The fourth-order valence-electron chi connectivity index (χ4n) is 1.92. The molecule has 0 aromatic heterocycles. The Morgan fingerprint density at radius 2 is 1.48 bits per heavy atom. The van der Waals surface area contributed by atoms with Crippen LogP contribution < -0.4 is 0 Å². The van der Waals surface area contributed by atoms with Gasteiger partial charge in [-0.05, 0) is 31.9 Å². The van der Waals surface area contributed by atoms with E-state index in [4.69, 9.17) is 0 Å². The largest absolute Gasteiger partial charge is 0.299 e. The van der Waals surface area contributed by atoms with Gasteiger partial charge in [0.25, 0.3) is 0 Å². The molecule has 0 aliphatic rings. The number of hydrogen-bond acceptors (Lipinski definition) is 1. The topological polar surface area (TPSA) is 17.1 Å². The summed E-state index contributed by atoms with van der Waals surface area (Å²) in [6.07, 6.45) is 5.05. The number of rotatable bonds is 5. The molecule has 2 heteroatoms. The molecule has 0 amide bonds. The molecule has 1 aromatic carbocycles. The van der Waals surface area contributed by atoms with Crippen LogP contribution in [0.5, 0.6) is 0 Å². The summed E-state index contributed by atoms with van der Waals surface area (Å²) in [7, 11) is 0. The summed E-state index contributed by atoms with van der Waals surface area (Å²) in [6, 6.07) is 5.09. The van der Waals surface area contributed by atoms with Crippen molar-refractivity contribution in [1.29, 1.82) is 0 Å². The van der Waals surface area contributed by atoms with Crippen molar-refractivity contribution in [3.05, 3.63) is 35.1 Å². The van der Waals surface area contributed by atoms with Crippen LogP contribution >= 0.6 is 0 Å². The second-order valence-corrected chi connectivity index (χ2v) is 6.47. The van der Waals surface area contributed by atoms with E-state index in [9.17, 15) is 9.18 Å². The summed E-state index contributed by atoms with van der Waals surface area (Å²) >= 11 is 0. The van der Waals surface area contributed by atoms with Crippen molar-refractivity contribution in [1.82, 2.24) is 0 Å². The van der Waals surface area contributed by atoms with Gasteiger partial charge in [-0.3, -0.25) is 4.79 Å². The smallest absolute Gasteiger partial charge is 0.138 e. The van der Waals surface area contributed by atoms with Gasteiger partial charge in [0, 0.05) is 11.8 Å². The zero-order valence-electron chi connectivity index (χ0n) is 18.5.